The van der Waals surface area contributed by atoms with Crippen LogP contribution in [0.3, 0.4) is 0 Å². The molecular formula is C17H24N4O2S. The third-order valence-electron chi connectivity index (χ3n) is 5.58. The number of aromatic nitrogens is 1. The van der Waals surface area contributed by atoms with E-state index in [4.69, 9.17) is 0 Å². The van der Waals surface area contributed by atoms with E-state index in [0.29, 0.717) is 25.7 Å². The van der Waals surface area contributed by atoms with Crippen molar-refractivity contribution in [3.63, 3.8) is 0 Å². The van der Waals surface area contributed by atoms with Gasteiger partial charge < -0.3 is 15.1 Å². The van der Waals surface area contributed by atoms with Gasteiger partial charge in [-0.25, -0.2) is 9.78 Å². The summed E-state index contributed by atoms with van der Waals surface area (Å²) in [5.41, 5.74) is 2.75. The SMILES string of the molecule is O=C(NC1CCCC1)N1C[C@@H]2CC[C@H](C1)N(Cc1cscn1)C2=O. The zero-order valence-electron chi connectivity index (χ0n) is 13.8. The van der Waals surface area contributed by atoms with E-state index in [1.807, 2.05) is 15.2 Å². The average Bonchev–Trinajstić information content (AvgIpc) is 3.20. The molecule has 1 saturated carbocycles. The summed E-state index contributed by atoms with van der Waals surface area (Å²) in [5.74, 6) is 0.132. The van der Waals surface area contributed by atoms with Gasteiger partial charge in [-0.2, -0.15) is 0 Å². The first-order chi connectivity index (χ1) is 11.7. The van der Waals surface area contributed by atoms with E-state index >= 15 is 0 Å². The van der Waals surface area contributed by atoms with Crippen LogP contribution < -0.4 is 5.32 Å². The number of carbonyl (C=O) groups is 2. The average molecular weight is 348 g/mol. The minimum atomic E-state index is -0.0586. The van der Waals surface area contributed by atoms with Crippen molar-refractivity contribution >= 4 is 23.3 Å². The molecule has 7 heteroatoms. The molecule has 24 heavy (non-hydrogen) atoms. The molecule has 3 saturated heterocycles. The van der Waals surface area contributed by atoms with E-state index in [2.05, 4.69) is 10.3 Å². The van der Waals surface area contributed by atoms with Gasteiger partial charge in [0.15, 0.2) is 0 Å². The van der Waals surface area contributed by atoms with Gasteiger partial charge in [-0.3, -0.25) is 4.79 Å². The lowest BCUT2D eigenvalue weighted by molar-refractivity contribution is -0.140. The molecule has 0 spiro atoms. The van der Waals surface area contributed by atoms with Crippen molar-refractivity contribution in [3.8, 4) is 0 Å². The normalized spacial score (nSPS) is 27.6. The van der Waals surface area contributed by atoms with Gasteiger partial charge in [0.05, 0.1) is 23.7 Å². The van der Waals surface area contributed by atoms with Crippen LogP contribution in [-0.2, 0) is 11.3 Å². The summed E-state index contributed by atoms with van der Waals surface area (Å²) in [6.45, 7) is 1.77. The van der Waals surface area contributed by atoms with Gasteiger partial charge in [0, 0.05) is 30.6 Å². The Balaban J connectivity index is 1.45. The second-order valence-corrected chi connectivity index (χ2v) is 7.93. The topological polar surface area (TPSA) is 65.5 Å². The highest BCUT2D eigenvalue weighted by Crippen LogP contribution is 2.30. The Kier molecular flexibility index (Phi) is 4.43. The molecule has 0 unspecified atom stereocenters. The highest BCUT2D eigenvalue weighted by Gasteiger charge is 2.42. The van der Waals surface area contributed by atoms with Crippen molar-refractivity contribution in [2.75, 3.05) is 13.1 Å². The molecule has 0 aromatic carbocycles. The molecule has 6 nitrogen and oxygen atoms in total. The van der Waals surface area contributed by atoms with Gasteiger partial charge in [0.2, 0.25) is 5.91 Å². The molecule has 130 valence electrons. The van der Waals surface area contributed by atoms with E-state index < -0.39 is 0 Å². The van der Waals surface area contributed by atoms with E-state index in [0.717, 1.165) is 31.4 Å². The minimum absolute atomic E-state index is 0.0158. The molecule has 5 rings (SSSR count). The third kappa shape index (κ3) is 3.14. The zero-order chi connectivity index (χ0) is 16.5. The second-order valence-electron chi connectivity index (χ2n) is 7.21. The molecule has 1 aromatic heterocycles. The molecule has 2 bridgehead atoms. The van der Waals surface area contributed by atoms with E-state index in [1.54, 1.807) is 16.8 Å². The molecule has 3 aliphatic heterocycles. The third-order valence-corrected chi connectivity index (χ3v) is 6.21. The molecular weight excluding hydrogens is 324 g/mol. The monoisotopic (exact) mass is 348 g/mol. The maximum atomic E-state index is 12.8. The van der Waals surface area contributed by atoms with Crippen LogP contribution >= 0.6 is 11.3 Å². The Bertz CT molecular complexity index is 600. The molecule has 4 aliphatic rings. The maximum absolute atomic E-state index is 12.8. The maximum Gasteiger partial charge on any atom is 0.317 e. The number of nitrogens with zero attached hydrogens (tertiary/aromatic N) is 3. The number of hydrogen-bond acceptors (Lipinski definition) is 4. The van der Waals surface area contributed by atoms with Crippen LogP contribution in [-0.4, -0.2) is 51.9 Å². The number of hydrogen-bond donors (Lipinski definition) is 1. The molecule has 0 radical (unpaired) electrons. The first-order valence-electron chi connectivity index (χ1n) is 8.93. The zero-order valence-corrected chi connectivity index (χ0v) is 14.6. The number of thiazole rings is 1. The van der Waals surface area contributed by atoms with E-state index in [-0.39, 0.29) is 23.9 Å². The van der Waals surface area contributed by atoms with Gasteiger partial charge in [-0.05, 0) is 25.7 Å². The molecule has 4 heterocycles. The highest BCUT2D eigenvalue weighted by molar-refractivity contribution is 7.07. The van der Waals surface area contributed by atoms with Crippen molar-refractivity contribution in [2.24, 2.45) is 5.92 Å². The second kappa shape index (κ2) is 6.70. The van der Waals surface area contributed by atoms with E-state index in [1.165, 1.54) is 12.8 Å². The van der Waals surface area contributed by atoms with E-state index in [9.17, 15) is 9.59 Å². The largest absolute Gasteiger partial charge is 0.335 e. The Morgan fingerprint density at radius 1 is 1.25 bits per heavy atom. The first kappa shape index (κ1) is 15.9. The molecule has 1 N–H and O–H groups in total. The van der Waals surface area contributed by atoms with Gasteiger partial charge in [-0.15, -0.1) is 11.3 Å². The lowest BCUT2D eigenvalue weighted by atomic mass is 9.94. The summed E-state index contributed by atoms with van der Waals surface area (Å²) >= 11 is 1.55. The predicted octanol–water partition coefficient (Wildman–Crippen LogP) is 2.22. The van der Waals surface area contributed by atoms with Crippen molar-refractivity contribution in [3.05, 3.63) is 16.6 Å². The number of rotatable bonds is 3. The van der Waals surface area contributed by atoms with Gasteiger partial charge >= 0.3 is 6.03 Å². The fourth-order valence-corrected chi connectivity index (χ4v) is 4.79. The summed E-state index contributed by atoms with van der Waals surface area (Å²) in [7, 11) is 0. The fourth-order valence-electron chi connectivity index (χ4n) is 4.24. The Hall–Kier alpha value is -1.63. The number of fused-ring (bicyclic) bond motifs is 4. The Morgan fingerprint density at radius 3 is 2.83 bits per heavy atom. The summed E-state index contributed by atoms with van der Waals surface area (Å²) in [4.78, 5) is 33.6. The Labute approximate surface area is 146 Å². The quantitative estimate of drug-likeness (QED) is 0.911. The Morgan fingerprint density at radius 2 is 2.08 bits per heavy atom. The predicted molar refractivity (Wildman–Crippen MR) is 91.5 cm³/mol. The molecule has 1 aromatic rings. The van der Waals surface area contributed by atoms with Crippen molar-refractivity contribution < 1.29 is 9.59 Å². The summed E-state index contributed by atoms with van der Waals surface area (Å²) in [6.07, 6.45) is 6.45. The number of amides is 3. The number of urea groups is 1. The molecule has 4 fully saturated rings. The van der Waals surface area contributed by atoms with Crippen molar-refractivity contribution in [1.82, 2.24) is 20.1 Å². The van der Waals surface area contributed by atoms with Crippen LogP contribution in [0.2, 0.25) is 0 Å². The fraction of sp³-hybridized carbons (Fsp3) is 0.706. The van der Waals surface area contributed by atoms with Crippen LogP contribution in [0, 0.1) is 5.92 Å². The van der Waals surface area contributed by atoms with Crippen LogP contribution in [0.4, 0.5) is 4.79 Å². The summed E-state index contributed by atoms with van der Waals surface area (Å²) in [5, 5.41) is 5.16. The van der Waals surface area contributed by atoms with Gasteiger partial charge in [0.1, 0.15) is 0 Å². The minimum Gasteiger partial charge on any atom is -0.335 e. The lowest BCUT2D eigenvalue weighted by Gasteiger charge is -2.35. The van der Waals surface area contributed by atoms with Gasteiger partial charge in [0.25, 0.3) is 0 Å². The van der Waals surface area contributed by atoms with Crippen molar-refractivity contribution in [2.45, 2.75) is 57.2 Å². The van der Waals surface area contributed by atoms with Crippen LogP contribution in [0.1, 0.15) is 44.2 Å². The number of carbonyl (C=O) groups excluding carboxylic acids is 2. The van der Waals surface area contributed by atoms with Crippen LogP contribution in [0.5, 0.6) is 0 Å². The number of piperidine rings is 1. The van der Waals surface area contributed by atoms with Gasteiger partial charge in [-0.1, -0.05) is 12.8 Å². The molecule has 1 aliphatic carbocycles. The number of nitrogens with one attached hydrogen (secondary N) is 1. The van der Waals surface area contributed by atoms with Crippen LogP contribution in [0.25, 0.3) is 0 Å². The molecule has 3 amide bonds. The summed E-state index contributed by atoms with van der Waals surface area (Å²) in [6, 6.07) is 0.453. The van der Waals surface area contributed by atoms with Crippen LogP contribution in [0.15, 0.2) is 10.9 Å². The smallest absolute Gasteiger partial charge is 0.317 e. The first-order valence-corrected chi connectivity index (χ1v) is 9.88. The van der Waals surface area contributed by atoms with Crippen molar-refractivity contribution in [1.29, 1.82) is 0 Å². The standard InChI is InChI=1S/C17H24N4O2S/c22-16-12-5-6-15(21(16)8-14-10-24-11-18-14)9-20(7-12)17(23)19-13-3-1-2-4-13/h10-13,15H,1-9H2,(H,19,23)/t12-,15+/m0/s1. The molecule has 2 atom stereocenters. The highest BCUT2D eigenvalue weighted by atomic mass is 32.1. The summed E-state index contributed by atoms with van der Waals surface area (Å²) < 4.78 is 0. The lowest BCUT2D eigenvalue weighted by Crippen LogP contribution is -2.48.